The van der Waals surface area contributed by atoms with E-state index in [-0.39, 0.29) is 11.5 Å². The van der Waals surface area contributed by atoms with Crippen LogP contribution in [0.25, 0.3) is 6.08 Å². The molecule has 0 radical (unpaired) electrons. The fourth-order valence-corrected chi connectivity index (χ4v) is 1.90. The van der Waals surface area contributed by atoms with Crippen LogP contribution in [0, 0.1) is 17.0 Å². The Morgan fingerprint density at radius 1 is 1.26 bits per heavy atom. The molecule has 1 atom stereocenters. The van der Waals surface area contributed by atoms with E-state index in [0.717, 1.165) is 12.1 Å². The third-order valence-corrected chi connectivity index (χ3v) is 3.20. The van der Waals surface area contributed by atoms with Crippen molar-refractivity contribution in [1.29, 1.82) is 0 Å². The number of aliphatic hydroxyl groups excluding tert-OH is 1. The Labute approximate surface area is 134 Å². The molecule has 0 bridgehead atoms. The van der Waals surface area contributed by atoms with Crippen LogP contribution in [0.3, 0.4) is 0 Å². The standard InChI is InChI=1S/C18H19F2NO2/c1-18(2,3)17(22)16(9-12-5-4-8-21-11-12)23-15-7-6-13(19)10-14(15)20/h4-11,17,22H,1-3H3. The molecule has 0 spiro atoms. The average molecular weight is 319 g/mol. The lowest BCUT2D eigenvalue weighted by Crippen LogP contribution is -2.30. The number of benzene rings is 1. The Hall–Kier alpha value is -2.27. The van der Waals surface area contributed by atoms with Crippen LogP contribution in [0.5, 0.6) is 5.75 Å². The van der Waals surface area contributed by atoms with Crippen molar-refractivity contribution in [2.75, 3.05) is 0 Å². The molecular formula is C18H19F2NO2. The topological polar surface area (TPSA) is 42.4 Å². The molecule has 0 fully saturated rings. The van der Waals surface area contributed by atoms with Crippen molar-refractivity contribution >= 4 is 6.08 Å². The van der Waals surface area contributed by atoms with Crippen molar-refractivity contribution in [2.24, 2.45) is 5.41 Å². The van der Waals surface area contributed by atoms with E-state index in [1.807, 2.05) is 20.8 Å². The van der Waals surface area contributed by atoms with Gasteiger partial charge in [0.15, 0.2) is 11.6 Å². The quantitative estimate of drug-likeness (QED) is 0.859. The van der Waals surface area contributed by atoms with Crippen LogP contribution in [-0.4, -0.2) is 16.2 Å². The highest BCUT2D eigenvalue weighted by molar-refractivity contribution is 5.52. The van der Waals surface area contributed by atoms with Gasteiger partial charge in [-0.05, 0) is 35.3 Å². The first-order valence-corrected chi connectivity index (χ1v) is 7.20. The van der Waals surface area contributed by atoms with Gasteiger partial charge in [0.05, 0.1) is 0 Å². The van der Waals surface area contributed by atoms with E-state index in [9.17, 15) is 13.9 Å². The zero-order valence-corrected chi connectivity index (χ0v) is 13.3. The Balaban J connectivity index is 2.39. The van der Waals surface area contributed by atoms with Gasteiger partial charge in [0.2, 0.25) is 0 Å². The van der Waals surface area contributed by atoms with Crippen molar-refractivity contribution in [3.63, 3.8) is 0 Å². The largest absolute Gasteiger partial charge is 0.456 e. The van der Waals surface area contributed by atoms with Crippen molar-refractivity contribution in [3.8, 4) is 5.75 Å². The lowest BCUT2D eigenvalue weighted by atomic mass is 9.87. The van der Waals surface area contributed by atoms with Crippen molar-refractivity contribution < 1.29 is 18.6 Å². The summed E-state index contributed by atoms with van der Waals surface area (Å²) >= 11 is 0. The van der Waals surface area contributed by atoms with Gasteiger partial charge < -0.3 is 9.84 Å². The number of hydrogen-bond donors (Lipinski definition) is 1. The molecule has 1 N–H and O–H groups in total. The van der Waals surface area contributed by atoms with Crippen LogP contribution in [-0.2, 0) is 0 Å². The molecule has 3 nitrogen and oxygen atoms in total. The first-order valence-electron chi connectivity index (χ1n) is 7.20. The third kappa shape index (κ3) is 4.60. The predicted octanol–water partition coefficient (Wildman–Crippen LogP) is 4.19. The van der Waals surface area contributed by atoms with Crippen molar-refractivity contribution in [2.45, 2.75) is 26.9 Å². The minimum atomic E-state index is -0.979. The van der Waals surface area contributed by atoms with Gasteiger partial charge in [-0.2, -0.15) is 0 Å². The first-order chi connectivity index (χ1) is 10.8. The van der Waals surface area contributed by atoms with Crippen LogP contribution in [0.1, 0.15) is 26.3 Å². The van der Waals surface area contributed by atoms with Crippen LogP contribution < -0.4 is 4.74 Å². The van der Waals surface area contributed by atoms with Crippen LogP contribution in [0.2, 0.25) is 0 Å². The molecule has 0 saturated heterocycles. The smallest absolute Gasteiger partial charge is 0.168 e. The molecule has 122 valence electrons. The lowest BCUT2D eigenvalue weighted by Gasteiger charge is -2.28. The molecule has 0 aliphatic heterocycles. The molecule has 0 saturated carbocycles. The van der Waals surface area contributed by atoms with Gasteiger partial charge in [0, 0.05) is 18.5 Å². The summed E-state index contributed by atoms with van der Waals surface area (Å²) in [6.07, 6.45) is 3.83. The minimum absolute atomic E-state index is 0.148. The molecule has 0 aliphatic carbocycles. The normalized spacial score (nSPS) is 13.7. The second-order valence-corrected chi connectivity index (χ2v) is 6.28. The van der Waals surface area contributed by atoms with Crippen LogP contribution in [0.4, 0.5) is 8.78 Å². The number of aromatic nitrogens is 1. The number of nitrogens with zero attached hydrogens (tertiary/aromatic N) is 1. The summed E-state index contributed by atoms with van der Waals surface area (Å²) in [5.74, 6) is -1.51. The second kappa shape index (κ2) is 6.87. The molecule has 0 amide bonds. The van der Waals surface area contributed by atoms with E-state index < -0.39 is 23.2 Å². The van der Waals surface area contributed by atoms with E-state index in [4.69, 9.17) is 4.74 Å². The summed E-state index contributed by atoms with van der Waals surface area (Å²) in [4.78, 5) is 3.99. The summed E-state index contributed by atoms with van der Waals surface area (Å²) in [6, 6.07) is 6.55. The Morgan fingerprint density at radius 2 is 2.00 bits per heavy atom. The van der Waals surface area contributed by atoms with Gasteiger partial charge in [-0.3, -0.25) is 4.98 Å². The molecule has 0 aliphatic rings. The summed E-state index contributed by atoms with van der Waals surface area (Å²) in [5.41, 5.74) is 0.179. The molecule has 1 heterocycles. The van der Waals surface area contributed by atoms with E-state index in [2.05, 4.69) is 4.98 Å². The molecular weight excluding hydrogens is 300 g/mol. The average Bonchev–Trinajstić information content (AvgIpc) is 2.48. The Morgan fingerprint density at radius 3 is 2.57 bits per heavy atom. The van der Waals surface area contributed by atoms with Gasteiger partial charge >= 0.3 is 0 Å². The van der Waals surface area contributed by atoms with Gasteiger partial charge in [-0.1, -0.05) is 26.8 Å². The number of pyridine rings is 1. The van der Waals surface area contributed by atoms with E-state index in [1.165, 1.54) is 6.07 Å². The fraction of sp³-hybridized carbons (Fsp3) is 0.278. The number of hydrogen-bond acceptors (Lipinski definition) is 3. The van der Waals surface area contributed by atoms with Gasteiger partial charge in [-0.25, -0.2) is 8.78 Å². The van der Waals surface area contributed by atoms with Gasteiger partial charge in [0.1, 0.15) is 17.7 Å². The highest BCUT2D eigenvalue weighted by Gasteiger charge is 2.28. The monoisotopic (exact) mass is 319 g/mol. The highest BCUT2D eigenvalue weighted by atomic mass is 19.1. The van der Waals surface area contributed by atoms with E-state index in [0.29, 0.717) is 5.56 Å². The van der Waals surface area contributed by atoms with Crippen molar-refractivity contribution in [1.82, 2.24) is 4.98 Å². The zero-order valence-electron chi connectivity index (χ0n) is 13.3. The summed E-state index contributed by atoms with van der Waals surface area (Å²) in [6.45, 7) is 5.50. The number of halogens is 2. The van der Waals surface area contributed by atoms with Crippen molar-refractivity contribution in [3.05, 3.63) is 65.7 Å². The highest BCUT2D eigenvalue weighted by Crippen LogP contribution is 2.29. The maximum absolute atomic E-state index is 13.8. The maximum Gasteiger partial charge on any atom is 0.168 e. The van der Waals surface area contributed by atoms with E-state index >= 15 is 0 Å². The third-order valence-electron chi connectivity index (χ3n) is 3.20. The summed E-state index contributed by atoms with van der Waals surface area (Å²) in [5, 5.41) is 10.5. The molecule has 2 aromatic rings. The number of aliphatic hydroxyl groups is 1. The lowest BCUT2D eigenvalue weighted by molar-refractivity contribution is 0.0633. The molecule has 23 heavy (non-hydrogen) atoms. The minimum Gasteiger partial charge on any atom is -0.456 e. The second-order valence-electron chi connectivity index (χ2n) is 6.28. The molecule has 1 aromatic heterocycles. The zero-order chi connectivity index (χ0) is 17.0. The molecule has 1 aromatic carbocycles. The molecule has 5 heteroatoms. The number of rotatable bonds is 4. The van der Waals surface area contributed by atoms with Crippen LogP contribution in [0.15, 0.2) is 48.5 Å². The summed E-state index contributed by atoms with van der Waals surface area (Å²) < 4.78 is 32.4. The van der Waals surface area contributed by atoms with Gasteiger partial charge in [0.25, 0.3) is 0 Å². The maximum atomic E-state index is 13.8. The van der Waals surface area contributed by atoms with E-state index in [1.54, 1.807) is 30.6 Å². The molecule has 1 unspecified atom stereocenters. The van der Waals surface area contributed by atoms with Crippen LogP contribution >= 0.6 is 0 Å². The Kier molecular flexibility index (Phi) is 5.11. The molecule has 2 rings (SSSR count). The van der Waals surface area contributed by atoms with Gasteiger partial charge in [-0.15, -0.1) is 0 Å². The SMILES string of the molecule is CC(C)(C)C(O)C(=Cc1cccnc1)Oc1ccc(F)cc1F. The Bertz CT molecular complexity index is 694. The predicted molar refractivity (Wildman–Crippen MR) is 84.7 cm³/mol. The first kappa shape index (κ1) is 17.1. The number of ether oxygens (including phenoxy) is 1. The fourth-order valence-electron chi connectivity index (χ4n) is 1.90. The summed E-state index contributed by atoms with van der Waals surface area (Å²) in [7, 11) is 0.